The minimum Gasteiger partial charge on any atom is -0.317 e. The standard InChI is InChI=1S/C15H11BrCl2N2O2/c1-8-5-6-12(9(16)7-8)19-14(21)15(22)20-13-10(17)3-2-4-11(13)18/h2-7H,1H3,(H,19,21)(H,20,22). The van der Waals surface area contributed by atoms with Gasteiger partial charge >= 0.3 is 11.8 Å². The predicted molar refractivity (Wildman–Crippen MR) is 92.6 cm³/mol. The number of hydrogen-bond donors (Lipinski definition) is 2. The number of anilines is 2. The van der Waals surface area contributed by atoms with Crippen molar-refractivity contribution in [2.45, 2.75) is 6.92 Å². The van der Waals surface area contributed by atoms with Crippen LogP contribution in [0.1, 0.15) is 5.56 Å². The Kier molecular flexibility index (Phi) is 5.45. The lowest BCUT2D eigenvalue weighted by Crippen LogP contribution is -2.29. The molecule has 114 valence electrons. The molecule has 0 spiro atoms. The van der Waals surface area contributed by atoms with Gasteiger partial charge in [-0.2, -0.15) is 0 Å². The van der Waals surface area contributed by atoms with Crippen LogP contribution in [0.2, 0.25) is 10.0 Å². The quantitative estimate of drug-likeness (QED) is 0.720. The van der Waals surface area contributed by atoms with Gasteiger partial charge in [0.2, 0.25) is 0 Å². The van der Waals surface area contributed by atoms with E-state index in [9.17, 15) is 9.59 Å². The first-order chi connectivity index (χ1) is 10.4. The summed E-state index contributed by atoms with van der Waals surface area (Å²) in [4.78, 5) is 23.9. The van der Waals surface area contributed by atoms with Crippen LogP contribution in [0.15, 0.2) is 40.9 Å². The van der Waals surface area contributed by atoms with E-state index >= 15 is 0 Å². The molecule has 0 saturated carbocycles. The van der Waals surface area contributed by atoms with Crippen molar-refractivity contribution in [3.05, 3.63) is 56.5 Å². The summed E-state index contributed by atoms with van der Waals surface area (Å²) in [6.45, 7) is 1.92. The number of rotatable bonds is 2. The van der Waals surface area contributed by atoms with Crippen LogP contribution in [0.3, 0.4) is 0 Å². The normalized spacial score (nSPS) is 10.2. The third kappa shape index (κ3) is 4.00. The molecule has 22 heavy (non-hydrogen) atoms. The molecule has 0 fully saturated rings. The SMILES string of the molecule is Cc1ccc(NC(=O)C(=O)Nc2c(Cl)cccc2Cl)c(Br)c1. The Morgan fingerprint density at radius 2 is 1.59 bits per heavy atom. The van der Waals surface area contributed by atoms with E-state index in [0.29, 0.717) is 10.2 Å². The highest BCUT2D eigenvalue weighted by molar-refractivity contribution is 9.10. The lowest BCUT2D eigenvalue weighted by Gasteiger charge is -2.10. The van der Waals surface area contributed by atoms with E-state index in [4.69, 9.17) is 23.2 Å². The van der Waals surface area contributed by atoms with Gasteiger partial charge in [-0.1, -0.05) is 35.3 Å². The number of halogens is 3. The van der Waals surface area contributed by atoms with E-state index in [1.165, 1.54) is 0 Å². The van der Waals surface area contributed by atoms with E-state index in [1.807, 2.05) is 19.1 Å². The first-order valence-electron chi connectivity index (χ1n) is 6.21. The van der Waals surface area contributed by atoms with Gasteiger partial charge < -0.3 is 10.6 Å². The fraction of sp³-hybridized carbons (Fsp3) is 0.0667. The molecule has 7 heteroatoms. The van der Waals surface area contributed by atoms with Gasteiger partial charge in [-0.05, 0) is 52.7 Å². The number of carbonyl (C=O) groups is 2. The van der Waals surface area contributed by atoms with Crippen molar-refractivity contribution in [2.75, 3.05) is 10.6 Å². The third-order valence-electron chi connectivity index (χ3n) is 2.78. The van der Waals surface area contributed by atoms with Crippen LogP contribution in [0.5, 0.6) is 0 Å². The first kappa shape index (κ1) is 16.8. The molecule has 2 aromatic carbocycles. The third-order valence-corrected chi connectivity index (χ3v) is 4.07. The minimum atomic E-state index is -0.859. The molecule has 0 heterocycles. The summed E-state index contributed by atoms with van der Waals surface area (Å²) in [5, 5.41) is 5.42. The first-order valence-corrected chi connectivity index (χ1v) is 7.76. The summed E-state index contributed by atoms with van der Waals surface area (Å²) < 4.78 is 0.685. The molecule has 0 aromatic heterocycles. The van der Waals surface area contributed by atoms with Gasteiger partial charge in [0.15, 0.2) is 0 Å². The molecule has 0 aliphatic heterocycles. The van der Waals surface area contributed by atoms with Crippen molar-refractivity contribution in [1.29, 1.82) is 0 Å². The number of nitrogens with one attached hydrogen (secondary N) is 2. The average Bonchev–Trinajstić information content (AvgIpc) is 2.45. The molecule has 4 nitrogen and oxygen atoms in total. The summed E-state index contributed by atoms with van der Waals surface area (Å²) in [5.41, 5.74) is 1.72. The molecule has 2 aromatic rings. The van der Waals surface area contributed by atoms with Crippen LogP contribution < -0.4 is 10.6 Å². The molecule has 0 radical (unpaired) electrons. The van der Waals surface area contributed by atoms with Gasteiger partial charge in [-0.3, -0.25) is 9.59 Å². The number of amides is 2. The largest absolute Gasteiger partial charge is 0.317 e. The lowest BCUT2D eigenvalue weighted by molar-refractivity contribution is -0.133. The Morgan fingerprint density at radius 3 is 2.18 bits per heavy atom. The summed E-state index contributed by atoms with van der Waals surface area (Å²) in [5.74, 6) is -1.68. The second kappa shape index (κ2) is 7.13. The van der Waals surface area contributed by atoms with E-state index < -0.39 is 11.8 Å². The predicted octanol–water partition coefficient (Wildman–Crippen LogP) is 4.64. The van der Waals surface area contributed by atoms with Crippen LogP contribution in [0.25, 0.3) is 0 Å². The highest BCUT2D eigenvalue weighted by Gasteiger charge is 2.18. The van der Waals surface area contributed by atoms with Gasteiger partial charge in [-0.25, -0.2) is 0 Å². The van der Waals surface area contributed by atoms with Crippen LogP contribution >= 0.6 is 39.1 Å². The van der Waals surface area contributed by atoms with Crippen molar-refractivity contribution in [3.63, 3.8) is 0 Å². The molecule has 0 aliphatic carbocycles. The second-order valence-electron chi connectivity index (χ2n) is 4.49. The van der Waals surface area contributed by atoms with Crippen molar-refractivity contribution in [1.82, 2.24) is 0 Å². The number of hydrogen-bond acceptors (Lipinski definition) is 2. The average molecular weight is 402 g/mol. The number of aryl methyl sites for hydroxylation is 1. The van der Waals surface area contributed by atoms with Gasteiger partial charge in [0.05, 0.1) is 21.4 Å². The maximum Gasteiger partial charge on any atom is 0.314 e. The molecule has 2 rings (SSSR count). The zero-order valence-corrected chi connectivity index (χ0v) is 14.5. The van der Waals surface area contributed by atoms with Crippen molar-refractivity contribution in [2.24, 2.45) is 0 Å². The molecular weight excluding hydrogens is 391 g/mol. The molecule has 2 amide bonds. The molecule has 0 atom stereocenters. The van der Waals surface area contributed by atoms with Crippen LogP contribution in [-0.2, 0) is 9.59 Å². The molecule has 2 N–H and O–H groups in total. The highest BCUT2D eigenvalue weighted by Crippen LogP contribution is 2.30. The topological polar surface area (TPSA) is 58.2 Å². The molecule has 0 bridgehead atoms. The zero-order chi connectivity index (χ0) is 16.3. The van der Waals surface area contributed by atoms with Crippen LogP contribution in [-0.4, -0.2) is 11.8 Å². The smallest absolute Gasteiger partial charge is 0.314 e. The van der Waals surface area contributed by atoms with E-state index in [-0.39, 0.29) is 15.7 Å². The maximum absolute atomic E-state index is 11.9. The zero-order valence-electron chi connectivity index (χ0n) is 11.4. The van der Waals surface area contributed by atoms with E-state index in [1.54, 1.807) is 24.3 Å². The number of benzene rings is 2. The maximum atomic E-state index is 11.9. The highest BCUT2D eigenvalue weighted by atomic mass is 79.9. The molecule has 0 aliphatic rings. The number of para-hydroxylation sites is 1. The van der Waals surface area contributed by atoms with E-state index in [2.05, 4.69) is 26.6 Å². The van der Waals surface area contributed by atoms with Gasteiger partial charge in [0, 0.05) is 4.47 Å². The molecule has 0 saturated heterocycles. The van der Waals surface area contributed by atoms with Crippen LogP contribution in [0.4, 0.5) is 11.4 Å². The summed E-state index contributed by atoms with van der Waals surface area (Å²) in [6, 6.07) is 10.1. The van der Waals surface area contributed by atoms with Crippen molar-refractivity contribution in [3.8, 4) is 0 Å². The second-order valence-corrected chi connectivity index (χ2v) is 6.16. The Hall–Kier alpha value is -1.56. The Labute approximate surface area is 145 Å². The molecular formula is C15H11BrCl2N2O2. The van der Waals surface area contributed by atoms with Crippen LogP contribution in [0, 0.1) is 6.92 Å². The van der Waals surface area contributed by atoms with Gasteiger partial charge in [0.1, 0.15) is 0 Å². The van der Waals surface area contributed by atoms with Gasteiger partial charge in [0.25, 0.3) is 0 Å². The Balaban J connectivity index is 2.11. The lowest BCUT2D eigenvalue weighted by atomic mass is 10.2. The number of carbonyl (C=O) groups excluding carboxylic acids is 2. The minimum absolute atomic E-state index is 0.203. The van der Waals surface area contributed by atoms with Crippen molar-refractivity contribution >= 4 is 62.3 Å². The van der Waals surface area contributed by atoms with Gasteiger partial charge in [-0.15, -0.1) is 0 Å². The summed E-state index contributed by atoms with van der Waals surface area (Å²) in [6.07, 6.45) is 0. The Morgan fingerprint density at radius 1 is 1.00 bits per heavy atom. The summed E-state index contributed by atoms with van der Waals surface area (Å²) in [7, 11) is 0. The Bertz CT molecular complexity index is 730. The van der Waals surface area contributed by atoms with Crippen molar-refractivity contribution < 1.29 is 9.59 Å². The molecule has 0 unspecified atom stereocenters. The fourth-order valence-electron chi connectivity index (χ4n) is 1.69. The van der Waals surface area contributed by atoms with E-state index in [0.717, 1.165) is 5.56 Å². The fourth-order valence-corrected chi connectivity index (χ4v) is 2.77. The monoisotopic (exact) mass is 400 g/mol. The summed E-state index contributed by atoms with van der Waals surface area (Å²) >= 11 is 15.2.